The molecule has 0 saturated carbocycles. The van der Waals surface area contributed by atoms with Crippen molar-refractivity contribution in [3.63, 3.8) is 0 Å². The van der Waals surface area contributed by atoms with Gasteiger partial charge in [0.1, 0.15) is 5.82 Å². The maximum Gasteiger partial charge on any atom is 0.494 e. The van der Waals surface area contributed by atoms with E-state index in [2.05, 4.69) is 62.3 Å². The second-order valence-electron chi connectivity index (χ2n) is 8.24. The van der Waals surface area contributed by atoms with Crippen molar-refractivity contribution in [2.24, 2.45) is 0 Å². The lowest BCUT2D eigenvalue weighted by molar-refractivity contribution is 0.00578. The Labute approximate surface area is 150 Å². The zero-order valence-electron chi connectivity index (χ0n) is 16.0. The van der Waals surface area contributed by atoms with Crippen LogP contribution < -0.4 is 5.46 Å². The molecule has 6 heteroatoms. The van der Waals surface area contributed by atoms with Crippen LogP contribution in [0.4, 0.5) is 0 Å². The lowest BCUT2D eigenvalue weighted by Crippen LogP contribution is -2.41. The predicted molar refractivity (Wildman–Crippen MR) is 101 cm³/mol. The molecule has 0 N–H and O–H groups in total. The Morgan fingerprint density at radius 2 is 1.84 bits per heavy atom. The number of imidazole rings is 1. The Bertz CT molecular complexity index is 783. The standard InChI is InChI=1S/C19H28BN3O2/c1-6-22-10-7-11-23-16-9-8-14(12-15(16)21-17(23)13-22)20-24-18(2,3)19(4,5)25-20/h8-9,12H,6-7,10-11,13H2,1-5H3. The van der Waals surface area contributed by atoms with Crippen LogP contribution in [0.25, 0.3) is 11.0 Å². The van der Waals surface area contributed by atoms with Gasteiger partial charge < -0.3 is 13.9 Å². The maximum absolute atomic E-state index is 6.19. The molecule has 25 heavy (non-hydrogen) atoms. The fourth-order valence-corrected chi connectivity index (χ4v) is 3.69. The molecule has 2 aliphatic heterocycles. The Hall–Kier alpha value is -1.37. The minimum Gasteiger partial charge on any atom is -0.399 e. The zero-order valence-corrected chi connectivity index (χ0v) is 16.0. The molecule has 1 aromatic heterocycles. The third-order valence-electron chi connectivity index (χ3n) is 6.05. The number of aromatic nitrogens is 2. The monoisotopic (exact) mass is 341 g/mol. The second-order valence-corrected chi connectivity index (χ2v) is 8.24. The van der Waals surface area contributed by atoms with Gasteiger partial charge in [0, 0.05) is 13.1 Å². The van der Waals surface area contributed by atoms with E-state index in [1.807, 2.05) is 0 Å². The Morgan fingerprint density at radius 3 is 2.52 bits per heavy atom. The van der Waals surface area contributed by atoms with Crippen molar-refractivity contribution >= 4 is 23.6 Å². The first-order chi connectivity index (χ1) is 11.8. The first kappa shape index (κ1) is 17.1. The van der Waals surface area contributed by atoms with Gasteiger partial charge in [0.15, 0.2) is 0 Å². The molecule has 1 aromatic carbocycles. The smallest absolute Gasteiger partial charge is 0.399 e. The maximum atomic E-state index is 6.19. The predicted octanol–water partition coefficient (Wildman–Crippen LogP) is 2.56. The summed E-state index contributed by atoms with van der Waals surface area (Å²) in [6, 6.07) is 6.44. The molecular formula is C19H28BN3O2. The van der Waals surface area contributed by atoms with Crippen LogP contribution in [0.2, 0.25) is 0 Å². The highest BCUT2D eigenvalue weighted by Gasteiger charge is 2.51. The van der Waals surface area contributed by atoms with Crippen molar-refractivity contribution in [1.29, 1.82) is 0 Å². The van der Waals surface area contributed by atoms with Gasteiger partial charge in [0.05, 0.1) is 28.8 Å². The molecule has 0 amide bonds. The molecule has 0 atom stereocenters. The van der Waals surface area contributed by atoms with Gasteiger partial charge in [0.2, 0.25) is 0 Å². The van der Waals surface area contributed by atoms with E-state index in [9.17, 15) is 0 Å². The van der Waals surface area contributed by atoms with Crippen molar-refractivity contribution in [2.75, 3.05) is 13.1 Å². The van der Waals surface area contributed by atoms with Gasteiger partial charge in [-0.25, -0.2) is 4.98 Å². The molecule has 0 radical (unpaired) electrons. The molecule has 134 valence electrons. The Kier molecular flexibility index (Phi) is 3.98. The van der Waals surface area contributed by atoms with Gasteiger partial charge in [-0.2, -0.15) is 0 Å². The van der Waals surface area contributed by atoms with E-state index in [0.29, 0.717) is 0 Å². The quantitative estimate of drug-likeness (QED) is 0.787. The van der Waals surface area contributed by atoms with Gasteiger partial charge >= 0.3 is 7.12 Å². The summed E-state index contributed by atoms with van der Waals surface area (Å²) in [6.07, 6.45) is 1.17. The highest BCUT2D eigenvalue weighted by molar-refractivity contribution is 6.62. The van der Waals surface area contributed by atoms with Crippen molar-refractivity contribution in [1.82, 2.24) is 14.5 Å². The van der Waals surface area contributed by atoms with Crippen molar-refractivity contribution < 1.29 is 9.31 Å². The van der Waals surface area contributed by atoms with Gasteiger partial charge in [-0.3, -0.25) is 4.90 Å². The molecule has 2 aromatic rings. The number of rotatable bonds is 2. The van der Waals surface area contributed by atoms with Gasteiger partial charge in [0.25, 0.3) is 0 Å². The van der Waals surface area contributed by atoms with Crippen LogP contribution in [0.5, 0.6) is 0 Å². The van der Waals surface area contributed by atoms with Crippen LogP contribution in [0.15, 0.2) is 18.2 Å². The topological polar surface area (TPSA) is 39.5 Å². The van der Waals surface area contributed by atoms with Crippen LogP contribution in [0.1, 0.15) is 46.9 Å². The van der Waals surface area contributed by atoms with Crippen LogP contribution in [0, 0.1) is 0 Å². The average molecular weight is 341 g/mol. The highest BCUT2D eigenvalue weighted by atomic mass is 16.7. The number of nitrogens with zero attached hydrogens (tertiary/aromatic N) is 3. The summed E-state index contributed by atoms with van der Waals surface area (Å²) in [7, 11) is -0.331. The lowest BCUT2D eigenvalue weighted by atomic mass is 9.79. The van der Waals surface area contributed by atoms with Crippen molar-refractivity contribution in [2.45, 2.75) is 65.3 Å². The van der Waals surface area contributed by atoms with Gasteiger partial charge in [-0.15, -0.1) is 0 Å². The van der Waals surface area contributed by atoms with E-state index in [4.69, 9.17) is 14.3 Å². The summed E-state index contributed by atoms with van der Waals surface area (Å²) < 4.78 is 14.8. The number of hydrogen-bond donors (Lipinski definition) is 0. The molecular weight excluding hydrogens is 313 g/mol. The van der Waals surface area contributed by atoms with Crippen LogP contribution in [0.3, 0.4) is 0 Å². The number of aryl methyl sites for hydroxylation is 1. The van der Waals surface area contributed by atoms with E-state index in [-0.39, 0.29) is 18.3 Å². The van der Waals surface area contributed by atoms with Crippen molar-refractivity contribution in [3.8, 4) is 0 Å². The lowest BCUT2D eigenvalue weighted by Gasteiger charge is -2.32. The Morgan fingerprint density at radius 1 is 1.12 bits per heavy atom. The van der Waals surface area contributed by atoms with E-state index < -0.39 is 0 Å². The minimum absolute atomic E-state index is 0.320. The summed E-state index contributed by atoms with van der Waals surface area (Å²) in [5, 5.41) is 0. The SMILES string of the molecule is CCN1CCCn2c(nc3cc(B4OC(C)(C)C(C)(C)O4)ccc32)C1. The first-order valence-electron chi connectivity index (χ1n) is 9.38. The van der Waals surface area contributed by atoms with Crippen LogP contribution in [-0.4, -0.2) is 45.9 Å². The molecule has 0 spiro atoms. The molecule has 0 aliphatic carbocycles. The molecule has 1 saturated heterocycles. The van der Waals surface area contributed by atoms with Crippen LogP contribution >= 0.6 is 0 Å². The van der Waals surface area contributed by atoms with E-state index in [1.165, 1.54) is 17.8 Å². The largest absolute Gasteiger partial charge is 0.494 e. The summed E-state index contributed by atoms with van der Waals surface area (Å²) >= 11 is 0. The number of benzene rings is 1. The van der Waals surface area contributed by atoms with Crippen molar-refractivity contribution in [3.05, 3.63) is 24.0 Å². The number of fused-ring (bicyclic) bond motifs is 3. The molecule has 3 heterocycles. The first-order valence-corrected chi connectivity index (χ1v) is 9.38. The fraction of sp³-hybridized carbons (Fsp3) is 0.632. The molecule has 4 rings (SSSR count). The van der Waals surface area contributed by atoms with E-state index in [0.717, 1.165) is 37.2 Å². The minimum atomic E-state index is -0.331. The average Bonchev–Trinajstić information content (AvgIpc) is 2.89. The summed E-state index contributed by atoms with van der Waals surface area (Å²) in [5.74, 6) is 1.17. The van der Waals surface area contributed by atoms with E-state index in [1.54, 1.807) is 0 Å². The van der Waals surface area contributed by atoms with E-state index >= 15 is 0 Å². The number of hydrogen-bond acceptors (Lipinski definition) is 4. The highest BCUT2D eigenvalue weighted by Crippen LogP contribution is 2.36. The third kappa shape index (κ3) is 2.80. The van der Waals surface area contributed by atoms with Gasteiger partial charge in [-0.05, 0) is 58.3 Å². The summed E-state index contributed by atoms with van der Waals surface area (Å²) in [5.41, 5.74) is 2.67. The second kappa shape index (κ2) is 5.83. The summed E-state index contributed by atoms with van der Waals surface area (Å²) in [4.78, 5) is 7.38. The third-order valence-corrected chi connectivity index (χ3v) is 6.05. The van der Waals surface area contributed by atoms with Gasteiger partial charge in [-0.1, -0.05) is 13.0 Å². The molecule has 2 aliphatic rings. The normalized spacial score (nSPS) is 23.0. The molecule has 0 unspecified atom stereocenters. The molecule has 5 nitrogen and oxygen atoms in total. The Balaban J connectivity index is 1.68. The molecule has 0 bridgehead atoms. The molecule has 1 fully saturated rings. The summed E-state index contributed by atoms with van der Waals surface area (Å²) in [6.45, 7) is 14.8. The zero-order chi connectivity index (χ0) is 17.8. The fourth-order valence-electron chi connectivity index (χ4n) is 3.69. The van der Waals surface area contributed by atoms with Crippen LogP contribution in [-0.2, 0) is 22.4 Å².